The van der Waals surface area contributed by atoms with Crippen molar-refractivity contribution in [2.24, 2.45) is 0 Å². The van der Waals surface area contributed by atoms with Gasteiger partial charge in [0.1, 0.15) is 5.82 Å². The molecule has 1 fully saturated rings. The number of anilines is 1. The zero-order valence-electron chi connectivity index (χ0n) is 16.8. The highest BCUT2D eigenvalue weighted by molar-refractivity contribution is 7.79. The van der Waals surface area contributed by atoms with Crippen LogP contribution in [0, 0.1) is 0 Å². The lowest BCUT2D eigenvalue weighted by atomic mass is 9.96. The quantitative estimate of drug-likeness (QED) is 0.628. The van der Waals surface area contributed by atoms with Crippen molar-refractivity contribution >= 4 is 28.1 Å². The van der Waals surface area contributed by atoms with E-state index in [1.807, 2.05) is 20.8 Å². The van der Waals surface area contributed by atoms with Crippen LogP contribution in [0.3, 0.4) is 0 Å². The van der Waals surface area contributed by atoms with Crippen LogP contribution in [0.15, 0.2) is 29.2 Å². The molecule has 3 aromatic rings. The smallest absolute Gasteiger partial charge is 0.266 e. The monoisotopic (exact) mass is 436 g/mol. The maximum atomic E-state index is 13.8. The average molecular weight is 436 g/mol. The fraction of sp³-hybridized carbons (Fsp3) is 0.474. The average Bonchev–Trinajstić information content (AvgIpc) is 3.23. The SMILES string of the molecule is CC(C)(C)c1nc(N2CCC(F)(F)C2)c2nnn(Cc3ccccc3S(=O)O)c2n1. The van der Waals surface area contributed by atoms with E-state index in [2.05, 4.69) is 20.3 Å². The van der Waals surface area contributed by atoms with Crippen LogP contribution in [0.4, 0.5) is 14.6 Å². The molecule has 160 valence electrons. The maximum Gasteiger partial charge on any atom is 0.266 e. The fourth-order valence-electron chi connectivity index (χ4n) is 3.39. The summed E-state index contributed by atoms with van der Waals surface area (Å²) in [5, 5.41) is 8.32. The van der Waals surface area contributed by atoms with Crippen molar-refractivity contribution < 1.29 is 17.5 Å². The first-order valence-corrected chi connectivity index (χ1v) is 10.6. The number of alkyl halides is 2. The van der Waals surface area contributed by atoms with Gasteiger partial charge in [-0.05, 0) is 11.6 Å². The summed E-state index contributed by atoms with van der Waals surface area (Å²) in [7, 11) is 0. The molecule has 0 bridgehead atoms. The van der Waals surface area contributed by atoms with E-state index in [4.69, 9.17) is 0 Å². The van der Waals surface area contributed by atoms with E-state index in [9.17, 15) is 17.5 Å². The van der Waals surface area contributed by atoms with Crippen molar-refractivity contribution in [3.63, 3.8) is 0 Å². The minimum atomic E-state index is -2.78. The van der Waals surface area contributed by atoms with Gasteiger partial charge >= 0.3 is 0 Å². The van der Waals surface area contributed by atoms with Crippen molar-refractivity contribution in [1.29, 1.82) is 0 Å². The summed E-state index contributed by atoms with van der Waals surface area (Å²) in [4.78, 5) is 11.0. The predicted octanol–water partition coefficient (Wildman–Crippen LogP) is 2.99. The summed E-state index contributed by atoms with van der Waals surface area (Å²) in [6, 6.07) is 6.73. The van der Waals surface area contributed by atoms with Crippen molar-refractivity contribution in [2.45, 2.75) is 50.0 Å². The number of fused-ring (bicyclic) bond motifs is 1. The van der Waals surface area contributed by atoms with Gasteiger partial charge in [0.25, 0.3) is 5.92 Å². The Morgan fingerprint density at radius 2 is 1.97 bits per heavy atom. The first-order chi connectivity index (χ1) is 14.0. The van der Waals surface area contributed by atoms with Gasteiger partial charge in [-0.1, -0.05) is 44.2 Å². The normalized spacial score (nSPS) is 17.6. The summed E-state index contributed by atoms with van der Waals surface area (Å²) >= 11 is -2.16. The number of halogens is 2. The topological polar surface area (TPSA) is 97.0 Å². The Morgan fingerprint density at radius 1 is 1.23 bits per heavy atom. The van der Waals surface area contributed by atoms with E-state index in [1.54, 1.807) is 24.3 Å². The van der Waals surface area contributed by atoms with Gasteiger partial charge in [-0.25, -0.2) is 27.6 Å². The minimum Gasteiger partial charge on any atom is -0.348 e. The Bertz CT molecular complexity index is 1130. The molecule has 8 nitrogen and oxygen atoms in total. The molecule has 2 aromatic heterocycles. The van der Waals surface area contributed by atoms with E-state index in [0.29, 0.717) is 28.4 Å². The molecule has 1 N–H and O–H groups in total. The molecular formula is C19H22F2N6O2S. The van der Waals surface area contributed by atoms with Crippen LogP contribution in [0.5, 0.6) is 0 Å². The lowest BCUT2D eigenvalue weighted by Gasteiger charge is -2.22. The second-order valence-electron chi connectivity index (χ2n) is 8.42. The summed E-state index contributed by atoms with van der Waals surface area (Å²) in [5.41, 5.74) is 0.905. The number of aromatic nitrogens is 5. The summed E-state index contributed by atoms with van der Waals surface area (Å²) in [6.07, 6.45) is -0.243. The molecule has 1 aliphatic heterocycles. The Labute approximate surface area is 174 Å². The minimum absolute atomic E-state index is 0.162. The summed E-state index contributed by atoms with van der Waals surface area (Å²) < 4.78 is 50.4. The van der Waals surface area contributed by atoms with Crippen LogP contribution < -0.4 is 4.90 Å². The first kappa shape index (κ1) is 20.7. The molecule has 30 heavy (non-hydrogen) atoms. The molecule has 0 saturated carbocycles. The Hall–Kier alpha value is -2.53. The molecule has 1 atom stereocenters. The highest BCUT2D eigenvalue weighted by Gasteiger charge is 2.40. The van der Waals surface area contributed by atoms with Gasteiger partial charge in [0.2, 0.25) is 0 Å². The molecule has 1 aliphatic rings. The largest absolute Gasteiger partial charge is 0.348 e. The Morgan fingerprint density at radius 3 is 2.60 bits per heavy atom. The molecule has 1 unspecified atom stereocenters. The van der Waals surface area contributed by atoms with Crippen molar-refractivity contribution in [1.82, 2.24) is 25.0 Å². The molecule has 0 spiro atoms. The van der Waals surface area contributed by atoms with Crippen LogP contribution in [-0.2, 0) is 23.0 Å². The van der Waals surface area contributed by atoms with E-state index in [1.165, 1.54) is 9.58 Å². The molecule has 1 aromatic carbocycles. The zero-order chi connectivity index (χ0) is 21.7. The lowest BCUT2D eigenvalue weighted by molar-refractivity contribution is 0.0257. The number of hydrogen-bond acceptors (Lipinski definition) is 6. The standard InChI is InChI=1S/C19H22F2N6O2S/c1-18(2,3)17-22-15(26-9-8-19(20,21)11-26)14-16(23-17)27(25-24-14)10-12-6-4-5-7-13(12)30(28)29/h4-7H,8-11H2,1-3H3,(H,28,29). The third-order valence-corrected chi connectivity index (χ3v) is 5.74. The molecule has 1 saturated heterocycles. The van der Waals surface area contributed by atoms with E-state index in [0.717, 1.165) is 0 Å². The summed E-state index contributed by atoms with van der Waals surface area (Å²) in [5.74, 6) is -1.95. The maximum absolute atomic E-state index is 13.8. The highest BCUT2D eigenvalue weighted by atomic mass is 32.2. The van der Waals surface area contributed by atoms with Crippen molar-refractivity contribution in [3.8, 4) is 0 Å². The molecule has 0 aliphatic carbocycles. The van der Waals surface area contributed by atoms with Crippen LogP contribution in [0.25, 0.3) is 11.2 Å². The van der Waals surface area contributed by atoms with E-state index < -0.39 is 29.0 Å². The van der Waals surface area contributed by atoms with Crippen LogP contribution in [0.2, 0.25) is 0 Å². The second-order valence-corrected chi connectivity index (χ2v) is 9.36. The lowest BCUT2D eigenvalue weighted by Crippen LogP contribution is -2.27. The van der Waals surface area contributed by atoms with Gasteiger partial charge in [-0.2, -0.15) is 0 Å². The predicted molar refractivity (Wildman–Crippen MR) is 108 cm³/mol. The molecule has 3 heterocycles. The van der Waals surface area contributed by atoms with Crippen molar-refractivity contribution in [3.05, 3.63) is 35.7 Å². The Balaban J connectivity index is 1.84. The zero-order valence-corrected chi connectivity index (χ0v) is 17.7. The highest BCUT2D eigenvalue weighted by Crippen LogP contribution is 2.34. The van der Waals surface area contributed by atoms with Crippen LogP contribution in [0.1, 0.15) is 38.6 Å². The first-order valence-electron chi connectivity index (χ1n) is 9.48. The van der Waals surface area contributed by atoms with Crippen LogP contribution in [-0.4, -0.2) is 52.7 Å². The van der Waals surface area contributed by atoms with Gasteiger partial charge in [-0.3, -0.25) is 0 Å². The molecular weight excluding hydrogens is 414 g/mol. The second kappa shape index (κ2) is 7.31. The Kier molecular flexibility index (Phi) is 5.05. The fourth-order valence-corrected chi connectivity index (χ4v) is 3.94. The molecule has 0 radical (unpaired) electrons. The molecule has 0 amide bonds. The third-order valence-electron chi connectivity index (χ3n) is 4.97. The third kappa shape index (κ3) is 3.91. The van der Waals surface area contributed by atoms with Gasteiger partial charge in [-0.15, -0.1) is 5.10 Å². The molecule has 11 heteroatoms. The number of rotatable bonds is 4. The van der Waals surface area contributed by atoms with Crippen molar-refractivity contribution in [2.75, 3.05) is 18.0 Å². The van der Waals surface area contributed by atoms with Crippen LogP contribution >= 0.6 is 0 Å². The van der Waals surface area contributed by atoms with Gasteiger partial charge in [0, 0.05) is 18.4 Å². The summed E-state index contributed by atoms with van der Waals surface area (Å²) in [6.45, 7) is 5.72. The number of benzene rings is 1. The number of hydrogen-bond donors (Lipinski definition) is 1. The van der Waals surface area contributed by atoms with Gasteiger partial charge in [0.05, 0.1) is 18.0 Å². The van der Waals surface area contributed by atoms with E-state index >= 15 is 0 Å². The van der Waals surface area contributed by atoms with Gasteiger partial charge < -0.3 is 9.45 Å². The van der Waals surface area contributed by atoms with E-state index in [-0.39, 0.29) is 24.4 Å². The number of nitrogens with zero attached hydrogens (tertiary/aromatic N) is 6. The van der Waals surface area contributed by atoms with Gasteiger partial charge in [0.15, 0.2) is 28.1 Å². The molecule has 4 rings (SSSR count).